The van der Waals surface area contributed by atoms with Crippen LogP contribution in [0.3, 0.4) is 0 Å². The van der Waals surface area contributed by atoms with Crippen molar-refractivity contribution in [1.29, 1.82) is 0 Å². The minimum Gasteiger partial charge on any atom is -0.325 e. The fourth-order valence-electron chi connectivity index (χ4n) is 2.89. The van der Waals surface area contributed by atoms with Crippen LogP contribution in [0, 0.1) is 5.82 Å². The second kappa shape index (κ2) is 7.99. The number of anilines is 2. The van der Waals surface area contributed by atoms with E-state index in [4.69, 9.17) is 0 Å². The Balaban J connectivity index is 1.60. The first-order chi connectivity index (χ1) is 13.0. The summed E-state index contributed by atoms with van der Waals surface area (Å²) >= 11 is 0. The van der Waals surface area contributed by atoms with Crippen molar-refractivity contribution in [2.75, 3.05) is 29.9 Å². The van der Waals surface area contributed by atoms with Gasteiger partial charge in [-0.05, 0) is 48.4 Å². The average Bonchev–Trinajstić information content (AvgIpc) is 2.67. The van der Waals surface area contributed by atoms with E-state index in [9.17, 15) is 18.8 Å². The number of carbonyl (C=O) groups is 3. The monoisotopic (exact) mass is 369 g/mol. The number of piperazine rings is 1. The van der Waals surface area contributed by atoms with Crippen LogP contribution in [0.5, 0.6) is 0 Å². The number of hydrogen-bond acceptors (Lipinski definition) is 3. The van der Waals surface area contributed by atoms with E-state index < -0.39 is 17.6 Å². The summed E-state index contributed by atoms with van der Waals surface area (Å²) in [4.78, 5) is 39.4. The second-order valence-electron chi connectivity index (χ2n) is 6.26. The molecule has 140 valence electrons. The average molecular weight is 369 g/mol. The second-order valence-corrected chi connectivity index (χ2v) is 6.26. The molecule has 0 spiro atoms. The van der Waals surface area contributed by atoms with Gasteiger partial charge in [0.2, 0.25) is 5.91 Å². The van der Waals surface area contributed by atoms with Gasteiger partial charge in [0.15, 0.2) is 0 Å². The summed E-state index contributed by atoms with van der Waals surface area (Å²) in [5.74, 6) is -2.26. The molecule has 1 aliphatic heterocycles. The predicted octanol–water partition coefficient (Wildman–Crippen LogP) is 2.20. The van der Waals surface area contributed by atoms with E-state index in [1.54, 1.807) is 12.1 Å². The minimum absolute atomic E-state index is 0.197. The number of amides is 3. The first-order valence-corrected chi connectivity index (χ1v) is 8.73. The fraction of sp³-hybridized carbons (Fsp3) is 0.250. The molecule has 2 aromatic rings. The van der Waals surface area contributed by atoms with Crippen molar-refractivity contribution in [3.63, 3.8) is 0 Å². The van der Waals surface area contributed by atoms with E-state index in [1.807, 2.05) is 19.1 Å². The number of halogens is 1. The van der Waals surface area contributed by atoms with Gasteiger partial charge in [-0.25, -0.2) is 4.39 Å². The van der Waals surface area contributed by atoms with Gasteiger partial charge in [0.1, 0.15) is 12.4 Å². The van der Waals surface area contributed by atoms with Crippen LogP contribution in [-0.2, 0) is 20.8 Å². The molecule has 7 heteroatoms. The van der Waals surface area contributed by atoms with E-state index in [1.165, 1.54) is 34.1 Å². The number of aryl methyl sites for hydroxylation is 1. The molecule has 1 heterocycles. The third-order valence-electron chi connectivity index (χ3n) is 4.43. The predicted molar refractivity (Wildman–Crippen MR) is 99.8 cm³/mol. The standard InChI is InChI=1S/C20H20FN3O3/c1-2-14-3-7-16(8-4-14)22-18(25)13-23-11-12-24(20(27)19(23)26)17-9-5-15(21)6-10-17/h3-10H,2,11-13H2,1H3,(H,22,25). The Bertz CT molecular complexity index is 850. The molecule has 0 aromatic heterocycles. The highest BCUT2D eigenvalue weighted by Gasteiger charge is 2.34. The molecular formula is C20H20FN3O3. The molecule has 2 aromatic carbocycles. The van der Waals surface area contributed by atoms with Gasteiger partial charge in [-0.15, -0.1) is 0 Å². The Morgan fingerprint density at radius 3 is 2.30 bits per heavy atom. The van der Waals surface area contributed by atoms with Gasteiger partial charge in [-0.2, -0.15) is 0 Å². The third-order valence-corrected chi connectivity index (χ3v) is 4.43. The van der Waals surface area contributed by atoms with Gasteiger partial charge in [0.05, 0.1) is 0 Å². The van der Waals surface area contributed by atoms with Gasteiger partial charge >= 0.3 is 11.8 Å². The zero-order valence-corrected chi connectivity index (χ0v) is 14.9. The molecule has 0 unspecified atom stereocenters. The quantitative estimate of drug-likeness (QED) is 0.822. The van der Waals surface area contributed by atoms with E-state index in [0.717, 1.165) is 12.0 Å². The van der Waals surface area contributed by atoms with Crippen LogP contribution in [0.25, 0.3) is 0 Å². The summed E-state index contributed by atoms with van der Waals surface area (Å²) < 4.78 is 13.0. The van der Waals surface area contributed by atoms with Crippen molar-refractivity contribution in [2.45, 2.75) is 13.3 Å². The number of hydrogen-bond donors (Lipinski definition) is 1. The minimum atomic E-state index is -0.748. The Kier molecular flexibility index (Phi) is 5.49. The number of nitrogens with zero attached hydrogens (tertiary/aromatic N) is 2. The van der Waals surface area contributed by atoms with E-state index in [2.05, 4.69) is 5.32 Å². The van der Waals surface area contributed by atoms with Gasteiger partial charge in [-0.1, -0.05) is 19.1 Å². The molecule has 3 rings (SSSR count). The smallest absolute Gasteiger partial charge is 0.316 e. The van der Waals surface area contributed by atoms with Crippen molar-refractivity contribution in [2.24, 2.45) is 0 Å². The topological polar surface area (TPSA) is 69.7 Å². The summed E-state index contributed by atoms with van der Waals surface area (Å²) in [5, 5.41) is 2.73. The zero-order valence-electron chi connectivity index (χ0n) is 14.9. The largest absolute Gasteiger partial charge is 0.325 e. The third kappa shape index (κ3) is 4.31. The maximum absolute atomic E-state index is 13.0. The normalized spacial score (nSPS) is 14.4. The molecule has 0 radical (unpaired) electrons. The highest BCUT2D eigenvalue weighted by molar-refractivity contribution is 6.41. The summed E-state index contributed by atoms with van der Waals surface area (Å²) in [7, 11) is 0. The van der Waals surface area contributed by atoms with Gasteiger partial charge < -0.3 is 15.1 Å². The molecule has 0 saturated carbocycles. The zero-order chi connectivity index (χ0) is 19.4. The summed E-state index contributed by atoms with van der Waals surface area (Å²) in [6.07, 6.45) is 0.906. The number of rotatable bonds is 5. The first kappa shape index (κ1) is 18.6. The van der Waals surface area contributed by atoms with Crippen LogP contribution >= 0.6 is 0 Å². The maximum atomic E-state index is 13.0. The Morgan fingerprint density at radius 1 is 1.00 bits per heavy atom. The van der Waals surface area contributed by atoms with Crippen molar-refractivity contribution in [1.82, 2.24) is 4.90 Å². The molecule has 27 heavy (non-hydrogen) atoms. The van der Waals surface area contributed by atoms with Gasteiger partial charge in [-0.3, -0.25) is 14.4 Å². The van der Waals surface area contributed by atoms with E-state index >= 15 is 0 Å². The Hall–Kier alpha value is -3.22. The molecule has 0 aliphatic carbocycles. The number of nitrogens with one attached hydrogen (secondary N) is 1. The summed E-state index contributed by atoms with van der Waals surface area (Å²) in [6.45, 7) is 2.32. The summed E-state index contributed by atoms with van der Waals surface area (Å²) in [6, 6.07) is 12.8. The van der Waals surface area contributed by atoms with Crippen LogP contribution < -0.4 is 10.2 Å². The maximum Gasteiger partial charge on any atom is 0.316 e. The molecule has 1 fully saturated rings. The van der Waals surface area contributed by atoms with E-state index in [-0.39, 0.29) is 25.5 Å². The lowest BCUT2D eigenvalue weighted by Crippen LogP contribution is -2.56. The lowest BCUT2D eigenvalue weighted by Gasteiger charge is -2.33. The molecule has 3 amide bonds. The molecule has 1 saturated heterocycles. The van der Waals surface area contributed by atoms with Crippen molar-refractivity contribution >= 4 is 29.1 Å². The Morgan fingerprint density at radius 2 is 1.67 bits per heavy atom. The molecule has 0 atom stereocenters. The molecule has 6 nitrogen and oxygen atoms in total. The highest BCUT2D eigenvalue weighted by Crippen LogP contribution is 2.18. The fourth-order valence-corrected chi connectivity index (χ4v) is 2.89. The van der Waals surface area contributed by atoms with Gasteiger partial charge in [0.25, 0.3) is 0 Å². The van der Waals surface area contributed by atoms with Crippen LogP contribution in [0.2, 0.25) is 0 Å². The lowest BCUT2D eigenvalue weighted by molar-refractivity contribution is -0.147. The highest BCUT2D eigenvalue weighted by atomic mass is 19.1. The first-order valence-electron chi connectivity index (χ1n) is 8.73. The van der Waals surface area contributed by atoms with Gasteiger partial charge in [0, 0.05) is 24.5 Å². The van der Waals surface area contributed by atoms with Crippen molar-refractivity contribution in [3.05, 3.63) is 59.9 Å². The lowest BCUT2D eigenvalue weighted by atomic mass is 10.1. The SMILES string of the molecule is CCc1ccc(NC(=O)CN2CCN(c3ccc(F)cc3)C(=O)C2=O)cc1. The molecule has 0 bridgehead atoms. The van der Waals surface area contributed by atoms with Crippen LogP contribution in [-0.4, -0.2) is 42.3 Å². The van der Waals surface area contributed by atoms with Crippen LogP contribution in [0.1, 0.15) is 12.5 Å². The van der Waals surface area contributed by atoms with Crippen LogP contribution in [0.15, 0.2) is 48.5 Å². The van der Waals surface area contributed by atoms with Crippen molar-refractivity contribution < 1.29 is 18.8 Å². The van der Waals surface area contributed by atoms with Crippen molar-refractivity contribution in [3.8, 4) is 0 Å². The Labute approximate surface area is 156 Å². The van der Waals surface area contributed by atoms with E-state index in [0.29, 0.717) is 11.4 Å². The van der Waals surface area contributed by atoms with Crippen LogP contribution in [0.4, 0.5) is 15.8 Å². The summed E-state index contributed by atoms with van der Waals surface area (Å²) in [5.41, 5.74) is 2.25. The number of carbonyl (C=O) groups excluding carboxylic acids is 3. The molecule has 1 N–H and O–H groups in total. The number of benzene rings is 2. The molecule has 1 aliphatic rings. The molecular weight excluding hydrogens is 349 g/mol.